The van der Waals surface area contributed by atoms with Crippen LogP contribution in [-0.2, 0) is 15.8 Å². The van der Waals surface area contributed by atoms with Gasteiger partial charge in [0.1, 0.15) is 5.01 Å². The number of aliphatic carboxylic acids is 1. The quantitative estimate of drug-likeness (QED) is 0.157. The number of rotatable bonds is 9. The number of hydrogen-bond acceptors (Lipinski definition) is 6. The molecule has 230 valence electrons. The lowest BCUT2D eigenvalue weighted by atomic mass is 9.91. The van der Waals surface area contributed by atoms with Gasteiger partial charge in [0.05, 0.1) is 27.6 Å². The van der Waals surface area contributed by atoms with Gasteiger partial charge in [0.25, 0.3) is 0 Å². The number of carboxylic acid groups (broad SMARTS) is 1. The number of halogens is 4. The van der Waals surface area contributed by atoms with Crippen molar-refractivity contribution in [3.8, 4) is 33.0 Å². The Morgan fingerprint density at radius 3 is 2.53 bits per heavy atom. The third-order valence-electron chi connectivity index (χ3n) is 7.44. The molecule has 0 aliphatic carbocycles. The van der Waals surface area contributed by atoms with Crippen molar-refractivity contribution in [1.82, 2.24) is 19.7 Å². The monoisotopic (exact) mass is 650 g/mol. The van der Waals surface area contributed by atoms with Gasteiger partial charge in [-0.1, -0.05) is 43.1 Å². The topological polar surface area (TPSA) is 90.1 Å². The molecule has 1 atom stereocenters. The molecular formula is C33H26ClF3N4O3S. The van der Waals surface area contributed by atoms with Gasteiger partial charge in [0, 0.05) is 45.5 Å². The Morgan fingerprint density at radius 1 is 1.07 bits per heavy atom. The van der Waals surface area contributed by atoms with Crippen molar-refractivity contribution in [3.63, 3.8) is 0 Å². The second-order valence-electron chi connectivity index (χ2n) is 10.5. The lowest BCUT2D eigenvalue weighted by molar-refractivity contribution is -0.209. The van der Waals surface area contributed by atoms with Gasteiger partial charge in [-0.2, -0.15) is 9.78 Å². The average molecular weight is 651 g/mol. The van der Waals surface area contributed by atoms with Crippen LogP contribution in [0, 0.1) is 6.92 Å². The maximum absolute atomic E-state index is 13.3. The number of aromatic nitrogens is 4. The van der Waals surface area contributed by atoms with E-state index in [1.54, 1.807) is 30.5 Å². The summed E-state index contributed by atoms with van der Waals surface area (Å²) in [6.45, 7) is 4.17. The van der Waals surface area contributed by atoms with E-state index in [1.807, 2.05) is 44.2 Å². The number of unbranched alkanes of at least 4 members (excludes halogenated alkanes) is 1. The van der Waals surface area contributed by atoms with Crippen molar-refractivity contribution >= 4 is 50.0 Å². The molecule has 1 N–H and O–H groups in total. The first kappa shape index (κ1) is 30.7. The van der Waals surface area contributed by atoms with E-state index in [0.29, 0.717) is 44.4 Å². The van der Waals surface area contributed by atoms with Crippen molar-refractivity contribution in [2.45, 2.75) is 39.1 Å². The highest BCUT2D eigenvalue weighted by Crippen LogP contribution is 2.44. The molecule has 0 radical (unpaired) electrons. The largest absolute Gasteiger partial charge is 0.505 e. The van der Waals surface area contributed by atoms with E-state index in [0.717, 1.165) is 39.8 Å². The summed E-state index contributed by atoms with van der Waals surface area (Å²) in [7, 11) is 0. The number of hydrogen-bond donors (Lipinski definition) is 1. The number of benzene rings is 3. The van der Waals surface area contributed by atoms with E-state index < -0.39 is 18.4 Å². The van der Waals surface area contributed by atoms with E-state index >= 15 is 0 Å². The molecule has 45 heavy (non-hydrogen) atoms. The summed E-state index contributed by atoms with van der Waals surface area (Å²) in [5.41, 5.74) is 5.37. The number of nitrogens with zero attached hydrogens (tertiary/aromatic N) is 4. The van der Waals surface area contributed by atoms with Crippen LogP contribution in [0.4, 0.5) is 13.2 Å². The van der Waals surface area contributed by atoms with Gasteiger partial charge >= 0.3 is 12.3 Å². The summed E-state index contributed by atoms with van der Waals surface area (Å²) in [6.07, 6.45) is -1.40. The molecule has 0 bridgehead atoms. The molecular weight excluding hydrogens is 625 g/mol. The lowest BCUT2D eigenvalue weighted by Gasteiger charge is -2.21. The smallest absolute Gasteiger partial charge is 0.479 e. The molecule has 1 unspecified atom stereocenters. The van der Waals surface area contributed by atoms with Gasteiger partial charge in [-0.25, -0.2) is 9.78 Å². The van der Waals surface area contributed by atoms with E-state index in [2.05, 4.69) is 10.1 Å². The molecule has 0 fully saturated rings. The van der Waals surface area contributed by atoms with Crippen LogP contribution in [0.5, 0.6) is 0 Å². The molecule has 6 aromatic rings. The Bertz CT molecular complexity index is 2040. The van der Waals surface area contributed by atoms with Gasteiger partial charge in [0.2, 0.25) is 0 Å². The highest BCUT2D eigenvalue weighted by atomic mass is 35.5. The molecule has 0 saturated carbocycles. The lowest BCUT2D eigenvalue weighted by Crippen LogP contribution is -2.18. The standard InChI is InChI=1S/C33H26ClF3N4O3S/c1-3-4-13-44-29(32(42)43)27-18(2)14-25-30(28(27)19-5-8-23(34)9-6-19)45-31(40-25)21-11-12-38-24(16-21)20-7-10-26-22(15-20)17-39-41(26)33(35,36)37/h5-12,14-17,29H,3-4,13H2,1-2H3,(H,42,43). The molecule has 0 spiro atoms. The molecule has 3 aromatic heterocycles. The molecule has 3 aromatic carbocycles. The fourth-order valence-corrected chi connectivity index (χ4v) is 6.56. The molecule has 6 rings (SSSR count). The predicted molar refractivity (Wildman–Crippen MR) is 169 cm³/mol. The zero-order chi connectivity index (χ0) is 31.9. The Hall–Kier alpha value is -4.32. The maximum atomic E-state index is 13.3. The average Bonchev–Trinajstić information content (AvgIpc) is 3.64. The van der Waals surface area contributed by atoms with E-state index in [4.69, 9.17) is 21.3 Å². The molecule has 0 aliphatic rings. The molecule has 0 amide bonds. The second kappa shape index (κ2) is 12.2. The SMILES string of the molecule is CCCCOC(C(=O)O)c1c(C)cc2nc(-c3ccnc(-c4ccc5c(cnn5C(F)(F)F)c4)c3)sc2c1-c1ccc(Cl)cc1. The zero-order valence-corrected chi connectivity index (χ0v) is 25.7. The van der Waals surface area contributed by atoms with Crippen LogP contribution in [0.25, 0.3) is 54.1 Å². The first-order chi connectivity index (χ1) is 21.5. The summed E-state index contributed by atoms with van der Waals surface area (Å²) >= 11 is 7.61. The van der Waals surface area contributed by atoms with Crippen LogP contribution in [0.1, 0.15) is 37.0 Å². The van der Waals surface area contributed by atoms with Crippen LogP contribution in [-0.4, -0.2) is 37.4 Å². The van der Waals surface area contributed by atoms with E-state index in [1.165, 1.54) is 23.6 Å². The maximum Gasteiger partial charge on any atom is 0.505 e. The summed E-state index contributed by atoms with van der Waals surface area (Å²) < 4.78 is 46.7. The number of ether oxygens (including phenoxy) is 1. The van der Waals surface area contributed by atoms with E-state index in [9.17, 15) is 23.1 Å². The van der Waals surface area contributed by atoms with Crippen molar-refractivity contribution in [1.29, 1.82) is 0 Å². The minimum absolute atomic E-state index is 0.0371. The minimum Gasteiger partial charge on any atom is -0.479 e. The second-order valence-corrected chi connectivity index (χ2v) is 12.0. The van der Waals surface area contributed by atoms with Crippen LogP contribution >= 0.6 is 22.9 Å². The summed E-state index contributed by atoms with van der Waals surface area (Å²) in [4.78, 5) is 21.9. The summed E-state index contributed by atoms with van der Waals surface area (Å²) in [5, 5.41) is 15.3. The Labute approximate surface area is 264 Å². The van der Waals surface area contributed by atoms with Crippen LogP contribution < -0.4 is 0 Å². The Morgan fingerprint density at radius 2 is 1.82 bits per heavy atom. The normalized spacial score (nSPS) is 12.7. The fourth-order valence-electron chi connectivity index (χ4n) is 5.32. The highest BCUT2D eigenvalue weighted by molar-refractivity contribution is 7.22. The van der Waals surface area contributed by atoms with Crippen LogP contribution in [0.2, 0.25) is 5.02 Å². The predicted octanol–water partition coefficient (Wildman–Crippen LogP) is 9.42. The molecule has 3 heterocycles. The van der Waals surface area contributed by atoms with E-state index in [-0.39, 0.29) is 10.2 Å². The Balaban J connectivity index is 1.47. The van der Waals surface area contributed by atoms with Crippen molar-refractivity contribution < 1.29 is 27.8 Å². The van der Waals surface area contributed by atoms with Crippen molar-refractivity contribution in [2.24, 2.45) is 0 Å². The molecule has 0 aliphatic heterocycles. The van der Waals surface area contributed by atoms with Gasteiger partial charge in [-0.3, -0.25) is 4.98 Å². The number of alkyl halides is 3. The number of carboxylic acids is 1. The van der Waals surface area contributed by atoms with Gasteiger partial charge in [0.15, 0.2) is 6.10 Å². The van der Waals surface area contributed by atoms with Crippen molar-refractivity contribution in [2.75, 3.05) is 6.61 Å². The number of pyridine rings is 1. The fraction of sp³-hybridized carbons (Fsp3) is 0.212. The van der Waals surface area contributed by atoms with Gasteiger partial charge in [-0.15, -0.1) is 24.5 Å². The molecule has 12 heteroatoms. The Kier molecular flexibility index (Phi) is 8.34. The summed E-state index contributed by atoms with van der Waals surface area (Å²) in [6, 6.07) is 17.3. The number of aryl methyl sites for hydroxylation is 1. The number of thiazole rings is 1. The third kappa shape index (κ3) is 6.03. The van der Waals surface area contributed by atoms with Crippen LogP contribution in [0.15, 0.2) is 73.1 Å². The highest BCUT2D eigenvalue weighted by Gasteiger charge is 2.33. The van der Waals surface area contributed by atoms with Crippen molar-refractivity contribution in [3.05, 3.63) is 89.2 Å². The van der Waals surface area contributed by atoms with Crippen LogP contribution in [0.3, 0.4) is 0 Å². The first-order valence-corrected chi connectivity index (χ1v) is 15.3. The zero-order valence-electron chi connectivity index (χ0n) is 24.1. The third-order valence-corrected chi connectivity index (χ3v) is 8.83. The van der Waals surface area contributed by atoms with Gasteiger partial charge in [-0.05, 0) is 66.9 Å². The van der Waals surface area contributed by atoms with Gasteiger partial charge < -0.3 is 9.84 Å². The molecule has 0 saturated heterocycles. The first-order valence-electron chi connectivity index (χ1n) is 14.1. The number of carbonyl (C=O) groups is 1. The minimum atomic E-state index is -4.62. The summed E-state index contributed by atoms with van der Waals surface area (Å²) in [5.74, 6) is -1.08. The number of fused-ring (bicyclic) bond motifs is 2. The molecule has 7 nitrogen and oxygen atoms in total.